The van der Waals surface area contributed by atoms with Gasteiger partial charge in [-0.3, -0.25) is 0 Å². The fourth-order valence-corrected chi connectivity index (χ4v) is 3.81. The lowest BCUT2D eigenvalue weighted by atomic mass is 9.92. The number of anilines is 1. The van der Waals surface area contributed by atoms with Gasteiger partial charge in [-0.05, 0) is 56.8 Å². The Labute approximate surface area is 173 Å². The van der Waals surface area contributed by atoms with E-state index in [0.29, 0.717) is 12.4 Å². The minimum atomic E-state index is 0.268. The number of nitrogens with zero attached hydrogens (tertiary/aromatic N) is 1. The van der Waals surface area contributed by atoms with E-state index in [2.05, 4.69) is 56.4 Å². The number of ether oxygens (including phenoxy) is 2. The standard InChI is InChI=1S/C24H31N3O2/c1-15-9-6-7-11-18(15)23-20(28-4)14-19(26-17(3)10-8-12-25)24-22(23)16(2)13-21(27-24)29-5/h6-7,9,11,13-14,17,26H,8,10,12,25H2,1-5H3. The largest absolute Gasteiger partial charge is 0.496 e. The predicted octanol–water partition coefficient (Wildman–Crippen LogP) is 5.08. The van der Waals surface area contributed by atoms with E-state index in [-0.39, 0.29) is 6.04 Å². The molecule has 3 aromatic rings. The maximum absolute atomic E-state index is 5.86. The first-order chi connectivity index (χ1) is 14.0. The summed E-state index contributed by atoms with van der Waals surface area (Å²) in [6.45, 7) is 7.06. The lowest BCUT2D eigenvalue weighted by molar-refractivity contribution is 0.399. The third-order valence-electron chi connectivity index (χ3n) is 5.31. The molecule has 154 valence electrons. The topological polar surface area (TPSA) is 69.4 Å². The summed E-state index contributed by atoms with van der Waals surface area (Å²) in [5, 5.41) is 4.69. The molecule has 0 aliphatic heterocycles. The van der Waals surface area contributed by atoms with Crippen LogP contribution in [0.2, 0.25) is 0 Å². The number of nitrogens with two attached hydrogens (primary N) is 1. The summed E-state index contributed by atoms with van der Waals surface area (Å²) < 4.78 is 11.3. The first-order valence-electron chi connectivity index (χ1n) is 10.1. The van der Waals surface area contributed by atoms with E-state index in [1.807, 2.05) is 6.07 Å². The van der Waals surface area contributed by atoms with E-state index in [0.717, 1.165) is 51.9 Å². The lowest BCUT2D eigenvalue weighted by Gasteiger charge is -2.22. The van der Waals surface area contributed by atoms with E-state index in [4.69, 9.17) is 20.2 Å². The van der Waals surface area contributed by atoms with Crippen LogP contribution in [0.25, 0.3) is 22.0 Å². The Morgan fingerprint density at radius 1 is 1.07 bits per heavy atom. The zero-order valence-corrected chi connectivity index (χ0v) is 18.0. The molecule has 0 spiro atoms. The number of rotatable bonds is 8. The summed E-state index contributed by atoms with van der Waals surface area (Å²) in [6, 6.07) is 12.7. The maximum atomic E-state index is 5.86. The van der Waals surface area contributed by atoms with Gasteiger partial charge in [-0.25, -0.2) is 4.98 Å². The van der Waals surface area contributed by atoms with E-state index in [9.17, 15) is 0 Å². The van der Waals surface area contributed by atoms with E-state index >= 15 is 0 Å². The number of hydrogen-bond acceptors (Lipinski definition) is 5. The number of pyridine rings is 1. The van der Waals surface area contributed by atoms with Crippen molar-refractivity contribution in [2.24, 2.45) is 5.73 Å². The Morgan fingerprint density at radius 2 is 1.83 bits per heavy atom. The number of fused-ring (bicyclic) bond motifs is 1. The number of methoxy groups -OCH3 is 2. The number of aromatic nitrogens is 1. The van der Waals surface area contributed by atoms with Gasteiger partial charge in [-0.15, -0.1) is 0 Å². The van der Waals surface area contributed by atoms with Crippen LogP contribution in [0.5, 0.6) is 11.6 Å². The van der Waals surface area contributed by atoms with Gasteiger partial charge in [-0.2, -0.15) is 0 Å². The molecule has 0 fully saturated rings. The van der Waals surface area contributed by atoms with Gasteiger partial charge < -0.3 is 20.5 Å². The van der Waals surface area contributed by atoms with Crippen molar-refractivity contribution in [3.63, 3.8) is 0 Å². The average molecular weight is 394 g/mol. The van der Waals surface area contributed by atoms with Crippen molar-refractivity contribution >= 4 is 16.6 Å². The van der Waals surface area contributed by atoms with Gasteiger partial charge in [0.15, 0.2) is 0 Å². The highest BCUT2D eigenvalue weighted by molar-refractivity contribution is 6.06. The van der Waals surface area contributed by atoms with Gasteiger partial charge in [0.05, 0.1) is 25.4 Å². The minimum absolute atomic E-state index is 0.268. The minimum Gasteiger partial charge on any atom is -0.496 e. The van der Waals surface area contributed by atoms with Crippen molar-refractivity contribution in [2.45, 2.75) is 39.7 Å². The molecule has 1 unspecified atom stereocenters. The van der Waals surface area contributed by atoms with Crippen LogP contribution in [0.4, 0.5) is 5.69 Å². The smallest absolute Gasteiger partial charge is 0.213 e. The van der Waals surface area contributed by atoms with Crippen LogP contribution in [0, 0.1) is 13.8 Å². The van der Waals surface area contributed by atoms with Crippen molar-refractivity contribution in [1.82, 2.24) is 4.98 Å². The summed E-state index contributed by atoms with van der Waals surface area (Å²) in [7, 11) is 3.37. The fraction of sp³-hybridized carbons (Fsp3) is 0.375. The van der Waals surface area contributed by atoms with Crippen molar-refractivity contribution in [1.29, 1.82) is 0 Å². The van der Waals surface area contributed by atoms with Gasteiger partial charge in [0.25, 0.3) is 0 Å². The normalized spacial score (nSPS) is 12.1. The Morgan fingerprint density at radius 3 is 2.48 bits per heavy atom. The van der Waals surface area contributed by atoms with Crippen LogP contribution < -0.4 is 20.5 Å². The lowest BCUT2D eigenvalue weighted by Crippen LogP contribution is -2.17. The highest BCUT2D eigenvalue weighted by Gasteiger charge is 2.20. The van der Waals surface area contributed by atoms with Gasteiger partial charge >= 0.3 is 0 Å². The van der Waals surface area contributed by atoms with Crippen molar-refractivity contribution < 1.29 is 9.47 Å². The highest BCUT2D eigenvalue weighted by atomic mass is 16.5. The number of aryl methyl sites for hydroxylation is 2. The Kier molecular flexibility index (Phi) is 6.60. The predicted molar refractivity (Wildman–Crippen MR) is 121 cm³/mol. The van der Waals surface area contributed by atoms with Gasteiger partial charge in [0.1, 0.15) is 5.75 Å². The summed E-state index contributed by atoms with van der Waals surface area (Å²) >= 11 is 0. The van der Waals surface area contributed by atoms with Crippen LogP contribution in [0.15, 0.2) is 36.4 Å². The quantitative estimate of drug-likeness (QED) is 0.559. The second-order valence-electron chi connectivity index (χ2n) is 7.50. The molecule has 0 bridgehead atoms. The molecule has 0 saturated carbocycles. The van der Waals surface area contributed by atoms with Crippen molar-refractivity contribution in [3.05, 3.63) is 47.5 Å². The molecule has 29 heavy (non-hydrogen) atoms. The molecular weight excluding hydrogens is 362 g/mol. The van der Waals surface area contributed by atoms with Gasteiger partial charge in [0.2, 0.25) is 5.88 Å². The van der Waals surface area contributed by atoms with E-state index in [1.54, 1.807) is 14.2 Å². The molecule has 0 radical (unpaired) electrons. The molecule has 0 aliphatic rings. The van der Waals surface area contributed by atoms with Crippen molar-refractivity contribution in [3.8, 4) is 22.8 Å². The van der Waals surface area contributed by atoms with Crippen LogP contribution in [0.3, 0.4) is 0 Å². The zero-order valence-electron chi connectivity index (χ0n) is 18.0. The molecule has 0 aliphatic carbocycles. The third-order valence-corrected chi connectivity index (χ3v) is 5.31. The summed E-state index contributed by atoms with van der Waals surface area (Å²) in [5.74, 6) is 1.43. The number of nitrogens with one attached hydrogen (secondary N) is 1. The summed E-state index contributed by atoms with van der Waals surface area (Å²) in [6.07, 6.45) is 1.96. The molecule has 1 heterocycles. The Bertz CT molecular complexity index is 1000. The van der Waals surface area contributed by atoms with Gasteiger partial charge in [-0.1, -0.05) is 24.3 Å². The molecular formula is C24H31N3O2. The van der Waals surface area contributed by atoms with E-state index in [1.165, 1.54) is 5.56 Å². The van der Waals surface area contributed by atoms with Crippen LogP contribution in [-0.2, 0) is 0 Å². The molecule has 0 amide bonds. The molecule has 5 heteroatoms. The van der Waals surface area contributed by atoms with Gasteiger partial charge in [0, 0.05) is 29.1 Å². The molecule has 2 aromatic carbocycles. The number of hydrogen-bond donors (Lipinski definition) is 2. The summed E-state index contributed by atoms with van der Waals surface area (Å²) in [5.41, 5.74) is 12.0. The van der Waals surface area contributed by atoms with E-state index < -0.39 is 0 Å². The Balaban J connectivity index is 2.30. The SMILES string of the molecule is COc1cc(C)c2c(-c3ccccc3C)c(OC)cc(NC(C)CCCN)c2n1. The molecule has 1 atom stereocenters. The highest BCUT2D eigenvalue weighted by Crippen LogP contribution is 2.44. The molecule has 0 saturated heterocycles. The maximum Gasteiger partial charge on any atom is 0.213 e. The monoisotopic (exact) mass is 393 g/mol. The molecule has 3 N–H and O–H groups in total. The second kappa shape index (κ2) is 9.14. The zero-order chi connectivity index (χ0) is 21.0. The third kappa shape index (κ3) is 4.30. The molecule has 3 rings (SSSR count). The first-order valence-corrected chi connectivity index (χ1v) is 10.1. The van der Waals surface area contributed by atoms with Crippen molar-refractivity contribution in [2.75, 3.05) is 26.1 Å². The van der Waals surface area contributed by atoms with Crippen LogP contribution >= 0.6 is 0 Å². The molecule has 1 aromatic heterocycles. The fourth-order valence-electron chi connectivity index (χ4n) is 3.81. The van der Waals surface area contributed by atoms with Crippen LogP contribution in [-0.4, -0.2) is 31.8 Å². The summed E-state index contributed by atoms with van der Waals surface area (Å²) in [4.78, 5) is 4.81. The second-order valence-corrected chi connectivity index (χ2v) is 7.50. The molecule has 5 nitrogen and oxygen atoms in total. The Hall–Kier alpha value is -2.79. The average Bonchev–Trinajstić information content (AvgIpc) is 2.72. The number of benzene rings is 2. The first kappa shape index (κ1) is 20.9. The van der Waals surface area contributed by atoms with Crippen LogP contribution in [0.1, 0.15) is 30.9 Å².